The van der Waals surface area contributed by atoms with Gasteiger partial charge >= 0.3 is 0 Å². The first-order valence-corrected chi connectivity index (χ1v) is 9.02. The average Bonchev–Trinajstić information content (AvgIpc) is 2.59. The zero-order valence-corrected chi connectivity index (χ0v) is 15.4. The monoisotopic (exact) mass is 332 g/mol. The van der Waals surface area contributed by atoms with Crippen LogP contribution in [0.3, 0.4) is 0 Å². The van der Waals surface area contributed by atoms with Crippen LogP contribution in [-0.2, 0) is 6.54 Å². The molecule has 1 fully saturated rings. The standard InChI is InChI=1S/C20H32N2O2/c1-5-12-24-20-13-17(6-7-19(20)23-4)14-21-18-8-10-22(11-9-18)15-16(2)3/h6-7,13,18,21H,2,5,8-12,14-15H2,1,3-4H3. The lowest BCUT2D eigenvalue weighted by Gasteiger charge is -2.32. The number of piperidine rings is 1. The van der Waals surface area contributed by atoms with Gasteiger partial charge in [0.25, 0.3) is 0 Å². The molecule has 0 radical (unpaired) electrons. The zero-order chi connectivity index (χ0) is 17.4. The van der Waals surface area contributed by atoms with Crippen molar-refractivity contribution in [3.8, 4) is 11.5 Å². The first kappa shape index (κ1) is 18.8. The average molecular weight is 332 g/mol. The van der Waals surface area contributed by atoms with Crippen LogP contribution in [0, 0.1) is 0 Å². The van der Waals surface area contributed by atoms with Crippen LogP contribution in [-0.4, -0.2) is 44.3 Å². The number of ether oxygens (including phenoxy) is 2. The Hall–Kier alpha value is -1.52. The van der Waals surface area contributed by atoms with E-state index in [0.29, 0.717) is 12.6 Å². The molecule has 0 aliphatic carbocycles. The summed E-state index contributed by atoms with van der Waals surface area (Å²) in [6.07, 6.45) is 3.39. The maximum atomic E-state index is 5.79. The predicted molar refractivity (Wildman–Crippen MR) is 99.9 cm³/mol. The molecular formula is C20H32N2O2. The summed E-state index contributed by atoms with van der Waals surface area (Å²) in [7, 11) is 1.69. The number of nitrogens with zero attached hydrogens (tertiary/aromatic N) is 1. The quantitative estimate of drug-likeness (QED) is 0.701. The summed E-state index contributed by atoms with van der Waals surface area (Å²) >= 11 is 0. The van der Waals surface area contributed by atoms with Gasteiger partial charge in [0, 0.05) is 19.1 Å². The van der Waals surface area contributed by atoms with Gasteiger partial charge < -0.3 is 14.8 Å². The molecular weight excluding hydrogens is 300 g/mol. The second kappa shape index (κ2) is 9.70. The minimum Gasteiger partial charge on any atom is -0.493 e. The van der Waals surface area contributed by atoms with Crippen molar-refractivity contribution in [1.29, 1.82) is 0 Å². The largest absolute Gasteiger partial charge is 0.493 e. The minimum atomic E-state index is 0.591. The second-order valence-electron chi connectivity index (χ2n) is 6.72. The molecule has 0 atom stereocenters. The van der Waals surface area contributed by atoms with Crippen LogP contribution in [0.2, 0.25) is 0 Å². The van der Waals surface area contributed by atoms with Crippen molar-refractivity contribution in [3.63, 3.8) is 0 Å². The van der Waals surface area contributed by atoms with Gasteiger partial charge in [0.15, 0.2) is 11.5 Å². The number of hydrogen-bond acceptors (Lipinski definition) is 4. The van der Waals surface area contributed by atoms with Crippen molar-refractivity contribution >= 4 is 0 Å². The predicted octanol–water partition coefficient (Wildman–Crippen LogP) is 3.61. The molecule has 24 heavy (non-hydrogen) atoms. The lowest BCUT2D eigenvalue weighted by Crippen LogP contribution is -2.42. The van der Waals surface area contributed by atoms with Gasteiger partial charge in [-0.05, 0) is 57.0 Å². The number of rotatable bonds is 9. The van der Waals surface area contributed by atoms with Crippen LogP contribution >= 0.6 is 0 Å². The van der Waals surface area contributed by atoms with Crippen molar-refractivity contribution in [2.24, 2.45) is 0 Å². The van der Waals surface area contributed by atoms with E-state index in [1.54, 1.807) is 7.11 Å². The third kappa shape index (κ3) is 5.84. The number of likely N-dealkylation sites (tertiary alicyclic amines) is 1. The molecule has 1 aromatic rings. The summed E-state index contributed by atoms with van der Waals surface area (Å²) in [5, 5.41) is 3.69. The first-order chi connectivity index (χ1) is 11.6. The van der Waals surface area contributed by atoms with E-state index in [2.05, 4.69) is 42.8 Å². The molecule has 1 saturated heterocycles. The Morgan fingerprint density at radius 1 is 1.29 bits per heavy atom. The highest BCUT2D eigenvalue weighted by molar-refractivity contribution is 5.43. The fourth-order valence-electron chi connectivity index (χ4n) is 3.10. The number of methoxy groups -OCH3 is 1. The molecule has 0 bridgehead atoms. The summed E-state index contributed by atoms with van der Waals surface area (Å²) in [6.45, 7) is 13.1. The first-order valence-electron chi connectivity index (χ1n) is 9.02. The summed E-state index contributed by atoms with van der Waals surface area (Å²) in [4.78, 5) is 2.49. The molecule has 1 aliphatic rings. The molecule has 4 heteroatoms. The van der Waals surface area contributed by atoms with Crippen molar-refractivity contribution in [3.05, 3.63) is 35.9 Å². The third-order valence-corrected chi connectivity index (χ3v) is 4.37. The molecule has 1 N–H and O–H groups in total. The molecule has 1 heterocycles. The Bertz CT molecular complexity index is 522. The van der Waals surface area contributed by atoms with Gasteiger partial charge in [-0.1, -0.05) is 25.1 Å². The Kier molecular flexibility index (Phi) is 7.60. The maximum absolute atomic E-state index is 5.79. The van der Waals surface area contributed by atoms with E-state index in [1.807, 2.05) is 6.07 Å². The molecule has 0 spiro atoms. The third-order valence-electron chi connectivity index (χ3n) is 4.37. The van der Waals surface area contributed by atoms with Crippen LogP contribution in [0.4, 0.5) is 0 Å². The lowest BCUT2D eigenvalue weighted by molar-refractivity contribution is 0.211. The Morgan fingerprint density at radius 2 is 2.04 bits per heavy atom. The van der Waals surface area contributed by atoms with E-state index in [9.17, 15) is 0 Å². The Morgan fingerprint density at radius 3 is 2.67 bits per heavy atom. The van der Waals surface area contributed by atoms with Crippen LogP contribution in [0.25, 0.3) is 0 Å². The van der Waals surface area contributed by atoms with Crippen molar-refractivity contribution in [1.82, 2.24) is 10.2 Å². The van der Waals surface area contributed by atoms with Crippen LogP contribution in [0.1, 0.15) is 38.7 Å². The molecule has 1 aliphatic heterocycles. The van der Waals surface area contributed by atoms with Gasteiger partial charge in [-0.15, -0.1) is 0 Å². The molecule has 0 amide bonds. The van der Waals surface area contributed by atoms with E-state index in [4.69, 9.17) is 9.47 Å². The molecule has 0 aromatic heterocycles. The summed E-state index contributed by atoms with van der Waals surface area (Å²) in [5.74, 6) is 1.65. The van der Waals surface area contributed by atoms with Crippen LogP contribution in [0.15, 0.2) is 30.4 Å². The van der Waals surface area contributed by atoms with Gasteiger partial charge in [0.1, 0.15) is 0 Å². The maximum Gasteiger partial charge on any atom is 0.161 e. The van der Waals surface area contributed by atoms with E-state index >= 15 is 0 Å². The van der Waals surface area contributed by atoms with E-state index in [0.717, 1.165) is 44.1 Å². The zero-order valence-electron chi connectivity index (χ0n) is 15.4. The van der Waals surface area contributed by atoms with Gasteiger partial charge in [0.05, 0.1) is 13.7 Å². The number of nitrogens with one attached hydrogen (secondary N) is 1. The fraction of sp³-hybridized carbons (Fsp3) is 0.600. The Labute approximate surface area is 146 Å². The molecule has 2 rings (SSSR count). The molecule has 0 saturated carbocycles. The fourth-order valence-corrected chi connectivity index (χ4v) is 3.10. The minimum absolute atomic E-state index is 0.591. The van der Waals surface area contributed by atoms with E-state index in [1.165, 1.54) is 24.0 Å². The van der Waals surface area contributed by atoms with Crippen molar-refractivity contribution in [2.75, 3.05) is 33.4 Å². The van der Waals surface area contributed by atoms with Gasteiger partial charge in [0.2, 0.25) is 0 Å². The van der Waals surface area contributed by atoms with E-state index < -0.39 is 0 Å². The SMILES string of the molecule is C=C(C)CN1CCC(NCc2ccc(OC)c(OCCC)c2)CC1. The Balaban J connectivity index is 1.83. The normalized spacial score (nSPS) is 16.1. The molecule has 134 valence electrons. The number of benzene rings is 1. The highest BCUT2D eigenvalue weighted by Gasteiger charge is 2.18. The molecule has 4 nitrogen and oxygen atoms in total. The van der Waals surface area contributed by atoms with Crippen LogP contribution < -0.4 is 14.8 Å². The summed E-state index contributed by atoms with van der Waals surface area (Å²) in [6, 6.07) is 6.80. The highest BCUT2D eigenvalue weighted by Crippen LogP contribution is 2.28. The number of hydrogen-bond donors (Lipinski definition) is 1. The highest BCUT2D eigenvalue weighted by atomic mass is 16.5. The topological polar surface area (TPSA) is 33.7 Å². The van der Waals surface area contributed by atoms with Gasteiger partial charge in [-0.2, -0.15) is 0 Å². The van der Waals surface area contributed by atoms with Gasteiger partial charge in [-0.3, -0.25) is 4.90 Å². The second-order valence-corrected chi connectivity index (χ2v) is 6.72. The smallest absolute Gasteiger partial charge is 0.161 e. The summed E-state index contributed by atoms with van der Waals surface area (Å²) < 4.78 is 11.2. The lowest BCUT2D eigenvalue weighted by atomic mass is 10.0. The van der Waals surface area contributed by atoms with Crippen LogP contribution in [0.5, 0.6) is 11.5 Å². The summed E-state index contributed by atoms with van der Waals surface area (Å²) in [5.41, 5.74) is 2.49. The van der Waals surface area contributed by atoms with Gasteiger partial charge in [-0.25, -0.2) is 0 Å². The molecule has 1 aromatic carbocycles. The van der Waals surface area contributed by atoms with Crippen molar-refractivity contribution in [2.45, 2.75) is 45.7 Å². The van der Waals surface area contributed by atoms with Crippen molar-refractivity contribution < 1.29 is 9.47 Å². The van der Waals surface area contributed by atoms with E-state index in [-0.39, 0.29) is 0 Å². The molecule has 0 unspecified atom stereocenters.